The number of nitrogens with zero attached hydrogens (tertiary/aromatic N) is 1. The van der Waals surface area contributed by atoms with Crippen LogP contribution in [0.2, 0.25) is 0 Å². The number of carbonyl (C=O) groups is 1. The number of alkyl halides is 3. The maximum Gasteiger partial charge on any atom is 0.417 e. The van der Waals surface area contributed by atoms with E-state index in [1.807, 2.05) is 6.26 Å². The van der Waals surface area contributed by atoms with E-state index in [9.17, 15) is 18.0 Å². The zero-order valence-electron chi connectivity index (χ0n) is 14.4. The molecule has 3 rings (SSSR count). The highest BCUT2D eigenvalue weighted by atomic mass is 32.2. The lowest BCUT2D eigenvalue weighted by Crippen LogP contribution is -2.31. The molecule has 0 spiro atoms. The van der Waals surface area contributed by atoms with Gasteiger partial charge in [0.25, 0.3) is 5.91 Å². The number of halogens is 3. The van der Waals surface area contributed by atoms with Crippen LogP contribution in [0.25, 0.3) is 11.1 Å². The summed E-state index contributed by atoms with van der Waals surface area (Å²) in [6.07, 6.45) is -2.07. The molecule has 0 radical (unpaired) electrons. The molecule has 0 bridgehead atoms. The SMILES string of the molecule is CSCC[C@@H]1NC(=S)N(c2ccc(-c3ccccc3)c(C(F)(F)F)c2)C1=O. The van der Waals surface area contributed by atoms with E-state index in [1.165, 1.54) is 12.1 Å². The zero-order valence-corrected chi connectivity index (χ0v) is 16.0. The summed E-state index contributed by atoms with van der Waals surface area (Å²) in [5.41, 5.74) is -0.149. The first-order valence-corrected chi connectivity index (χ1v) is 10.0. The van der Waals surface area contributed by atoms with Crippen molar-refractivity contribution in [1.29, 1.82) is 0 Å². The molecule has 1 aliphatic rings. The van der Waals surface area contributed by atoms with Crippen molar-refractivity contribution in [2.75, 3.05) is 16.9 Å². The van der Waals surface area contributed by atoms with Crippen LogP contribution in [0.4, 0.5) is 18.9 Å². The van der Waals surface area contributed by atoms with Crippen molar-refractivity contribution in [1.82, 2.24) is 5.32 Å². The average molecular weight is 410 g/mol. The fourth-order valence-electron chi connectivity index (χ4n) is 2.98. The monoisotopic (exact) mass is 410 g/mol. The molecule has 1 aliphatic heterocycles. The Morgan fingerprint density at radius 2 is 1.89 bits per heavy atom. The van der Waals surface area contributed by atoms with E-state index in [2.05, 4.69) is 5.32 Å². The van der Waals surface area contributed by atoms with Crippen molar-refractivity contribution in [3.8, 4) is 11.1 Å². The van der Waals surface area contributed by atoms with E-state index >= 15 is 0 Å². The van der Waals surface area contributed by atoms with Gasteiger partial charge in [-0.05, 0) is 53.9 Å². The summed E-state index contributed by atoms with van der Waals surface area (Å²) >= 11 is 6.79. The standard InChI is InChI=1S/C19H17F3N2OS2/c1-27-10-9-16-17(25)24(18(26)23-16)13-7-8-14(12-5-3-2-4-6-12)15(11-13)19(20,21)22/h2-8,11,16H,9-10H2,1H3,(H,23,26)/t16-/m0/s1. The minimum absolute atomic E-state index is 0.0660. The Morgan fingerprint density at radius 3 is 2.52 bits per heavy atom. The number of hydrogen-bond donors (Lipinski definition) is 1. The Hall–Kier alpha value is -2.06. The number of anilines is 1. The van der Waals surface area contributed by atoms with Gasteiger partial charge in [-0.25, -0.2) is 0 Å². The Bertz CT molecular complexity index is 856. The molecular weight excluding hydrogens is 393 g/mol. The Labute approximate surface area is 164 Å². The van der Waals surface area contributed by atoms with Crippen molar-refractivity contribution in [2.24, 2.45) is 0 Å². The van der Waals surface area contributed by atoms with Crippen LogP contribution in [-0.4, -0.2) is 29.1 Å². The highest BCUT2D eigenvalue weighted by molar-refractivity contribution is 7.98. The predicted octanol–water partition coefficient (Wildman–Crippen LogP) is 4.72. The summed E-state index contributed by atoms with van der Waals surface area (Å²) in [4.78, 5) is 13.8. The fraction of sp³-hybridized carbons (Fsp3) is 0.263. The first-order chi connectivity index (χ1) is 12.8. The molecule has 0 aromatic heterocycles. The number of benzene rings is 2. The van der Waals surface area contributed by atoms with Gasteiger partial charge in [-0.2, -0.15) is 24.9 Å². The van der Waals surface area contributed by atoms with E-state index in [0.717, 1.165) is 16.7 Å². The van der Waals surface area contributed by atoms with Gasteiger partial charge in [0, 0.05) is 0 Å². The summed E-state index contributed by atoms with van der Waals surface area (Å²) in [5, 5.41) is 3.04. The minimum Gasteiger partial charge on any atom is -0.350 e. The molecule has 1 N–H and O–H groups in total. The van der Waals surface area contributed by atoms with Crippen LogP contribution in [0.15, 0.2) is 48.5 Å². The lowest BCUT2D eigenvalue weighted by Gasteiger charge is -2.19. The maximum absolute atomic E-state index is 13.7. The summed E-state index contributed by atoms with van der Waals surface area (Å²) in [5.74, 6) is 0.426. The van der Waals surface area contributed by atoms with Crippen LogP contribution in [0.3, 0.4) is 0 Å². The minimum atomic E-state index is -4.56. The molecule has 1 atom stereocenters. The van der Waals surface area contributed by atoms with Gasteiger partial charge in [0.1, 0.15) is 6.04 Å². The molecule has 0 unspecified atom stereocenters. The second kappa shape index (κ2) is 7.90. The highest BCUT2D eigenvalue weighted by Crippen LogP contribution is 2.39. The van der Waals surface area contributed by atoms with E-state index < -0.39 is 17.8 Å². The Balaban J connectivity index is 2.00. The summed E-state index contributed by atoms with van der Waals surface area (Å²) in [6, 6.07) is 11.7. The van der Waals surface area contributed by atoms with Gasteiger partial charge in [-0.15, -0.1) is 0 Å². The van der Waals surface area contributed by atoms with Crippen LogP contribution in [-0.2, 0) is 11.0 Å². The smallest absolute Gasteiger partial charge is 0.350 e. The number of rotatable bonds is 5. The molecular formula is C19H17F3N2OS2. The van der Waals surface area contributed by atoms with Crippen molar-refractivity contribution >= 4 is 40.7 Å². The van der Waals surface area contributed by atoms with Crippen LogP contribution in [0.5, 0.6) is 0 Å². The predicted molar refractivity (Wildman–Crippen MR) is 107 cm³/mol. The number of thioether (sulfide) groups is 1. The third-order valence-electron chi connectivity index (χ3n) is 4.28. The molecule has 1 amide bonds. The lowest BCUT2D eigenvalue weighted by atomic mass is 9.98. The Kier molecular flexibility index (Phi) is 5.76. The largest absolute Gasteiger partial charge is 0.417 e. The van der Waals surface area contributed by atoms with Gasteiger partial charge in [0.2, 0.25) is 0 Å². The van der Waals surface area contributed by atoms with E-state index in [4.69, 9.17) is 12.2 Å². The molecule has 8 heteroatoms. The van der Waals surface area contributed by atoms with E-state index in [1.54, 1.807) is 42.1 Å². The second-order valence-corrected chi connectivity index (χ2v) is 7.42. The quantitative estimate of drug-likeness (QED) is 0.724. The van der Waals surface area contributed by atoms with Crippen LogP contribution in [0, 0.1) is 0 Å². The summed E-state index contributed by atoms with van der Waals surface area (Å²) in [7, 11) is 0. The molecule has 1 fully saturated rings. The summed E-state index contributed by atoms with van der Waals surface area (Å²) in [6.45, 7) is 0. The van der Waals surface area contributed by atoms with Gasteiger partial charge < -0.3 is 5.32 Å². The fourth-order valence-corrected chi connectivity index (χ4v) is 3.79. The third kappa shape index (κ3) is 4.11. The van der Waals surface area contributed by atoms with E-state index in [-0.39, 0.29) is 22.3 Å². The van der Waals surface area contributed by atoms with Crippen molar-refractivity contribution in [3.05, 3.63) is 54.1 Å². The van der Waals surface area contributed by atoms with Crippen molar-refractivity contribution in [3.63, 3.8) is 0 Å². The zero-order chi connectivity index (χ0) is 19.6. The molecule has 1 saturated heterocycles. The molecule has 3 nitrogen and oxygen atoms in total. The number of nitrogens with one attached hydrogen (secondary N) is 1. The Morgan fingerprint density at radius 1 is 1.19 bits per heavy atom. The molecule has 0 saturated carbocycles. The normalized spacial score (nSPS) is 17.3. The molecule has 142 valence electrons. The number of carbonyl (C=O) groups excluding carboxylic acids is 1. The summed E-state index contributed by atoms with van der Waals surface area (Å²) < 4.78 is 41.1. The molecule has 2 aromatic carbocycles. The first kappa shape index (κ1) is 19.7. The van der Waals surface area contributed by atoms with Gasteiger partial charge in [-0.3, -0.25) is 9.69 Å². The molecule has 0 aliphatic carbocycles. The van der Waals surface area contributed by atoms with Crippen molar-refractivity contribution < 1.29 is 18.0 Å². The maximum atomic E-state index is 13.7. The molecule has 27 heavy (non-hydrogen) atoms. The third-order valence-corrected chi connectivity index (χ3v) is 5.23. The van der Waals surface area contributed by atoms with Gasteiger partial charge >= 0.3 is 6.18 Å². The number of thiocarbonyl (C=S) groups is 1. The lowest BCUT2D eigenvalue weighted by molar-refractivity contribution is -0.137. The number of amides is 1. The van der Waals surface area contributed by atoms with Gasteiger partial charge in [-0.1, -0.05) is 36.4 Å². The van der Waals surface area contributed by atoms with Gasteiger partial charge in [0.15, 0.2) is 5.11 Å². The van der Waals surface area contributed by atoms with Crippen LogP contribution in [0.1, 0.15) is 12.0 Å². The molecule has 1 heterocycles. The average Bonchev–Trinajstić information content (AvgIpc) is 2.93. The molecule has 2 aromatic rings. The van der Waals surface area contributed by atoms with Crippen LogP contribution < -0.4 is 10.2 Å². The van der Waals surface area contributed by atoms with Crippen LogP contribution >= 0.6 is 24.0 Å². The van der Waals surface area contributed by atoms with Crippen molar-refractivity contribution in [2.45, 2.75) is 18.6 Å². The van der Waals surface area contributed by atoms with Gasteiger partial charge in [0.05, 0.1) is 11.3 Å². The topological polar surface area (TPSA) is 32.3 Å². The van der Waals surface area contributed by atoms with E-state index in [0.29, 0.717) is 12.0 Å². The second-order valence-electron chi connectivity index (χ2n) is 6.05. The first-order valence-electron chi connectivity index (χ1n) is 8.23. The highest BCUT2D eigenvalue weighted by Gasteiger charge is 2.39. The number of hydrogen-bond acceptors (Lipinski definition) is 3.